The van der Waals surface area contributed by atoms with Gasteiger partial charge < -0.3 is 9.84 Å². The minimum absolute atomic E-state index is 0.246. The minimum atomic E-state index is -1.11. The lowest BCUT2D eigenvalue weighted by Gasteiger charge is -2.21. The predicted octanol–water partition coefficient (Wildman–Crippen LogP) is 4.46. The highest BCUT2D eigenvalue weighted by atomic mass is 16.5. The quantitative estimate of drug-likeness (QED) is 0.531. The zero-order chi connectivity index (χ0) is 21.1. The van der Waals surface area contributed by atoms with E-state index in [1.54, 1.807) is 41.3 Å². The molecule has 0 radical (unpaired) electrons. The number of anilines is 2. The molecule has 0 aliphatic rings. The number of aromatic nitrogens is 4. The maximum atomic E-state index is 12.3. The molecule has 1 N–H and O–H groups in total. The Morgan fingerprint density at radius 1 is 1.00 bits per heavy atom. The number of methoxy groups -OCH3 is 1. The molecule has 0 atom stereocenters. The van der Waals surface area contributed by atoms with Gasteiger partial charge in [0.1, 0.15) is 11.5 Å². The molecule has 150 valence electrons. The minimum Gasteiger partial charge on any atom is -0.467 e. The number of hydrogen-bond donors (Lipinski definition) is 1. The standard InChI is InChI=1S/C22H19N5O3/c1-15-19(16-13-23-21(30-2)24-14-16)25-27(18-11-7-4-8-12-18)20(15)26(22(28)29)17-9-5-3-6-10-17/h3-14H,1-2H3,(H,28,29). The number of carbonyl (C=O) groups is 1. The van der Waals surface area contributed by atoms with Crippen LogP contribution >= 0.6 is 0 Å². The number of amides is 1. The smallest absolute Gasteiger partial charge is 0.417 e. The first-order chi connectivity index (χ1) is 14.6. The third kappa shape index (κ3) is 3.46. The number of hydrogen-bond acceptors (Lipinski definition) is 5. The average Bonchev–Trinajstić information content (AvgIpc) is 3.12. The fraction of sp³-hybridized carbons (Fsp3) is 0.0909. The van der Waals surface area contributed by atoms with E-state index in [1.165, 1.54) is 12.0 Å². The molecule has 2 aromatic carbocycles. The fourth-order valence-electron chi connectivity index (χ4n) is 3.22. The van der Waals surface area contributed by atoms with Crippen molar-refractivity contribution in [2.24, 2.45) is 0 Å². The molecule has 4 rings (SSSR count). The van der Waals surface area contributed by atoms with Crippen molar-refractivity contribution in [3.8, 4) is 23.0 Å². The molecule has 0 saturated carbocycles. The molecule has 0 aliphatic carbocycles. The number of carboxylic acid groups (broad SMARTS) is 1. The van der Waals surface area contributed by atoms with Crippen LogP contribution in [-0.4, -0.2) is 38.1 Å². The molecule has 8 nitrogen and oxygen atoms in total. The summed E-state index contributed by atoms with van der Waals surface area (Å²) in [7, 11) is 1.49. The molecule has 0 spiro atoms. The van der Waals surface area contributed by atoms with Gasteiger partial charge in [0, 0.05) is 23.5 Å². The Labute approximate surface area is 173 Å². The topological polar surface area (TPSA) is 93.4 Å². The van der Waals surface area contributed by atoms with Crippen molar-refractivity contribution in [1.29, 1.82) is 0 Å². The Balaban J connectivity index is 1.95. The van der Waals surface area contributed by atoms with Gasteiger partial charge in [0.2, 0.25) is 0 Å². The van der Waals surface area contributed by atoms with Gasteiger partial charge in [-0.25, -0.2) is 24.3 Å². The highest BCUT2D eigenvalue weighted by Crippen LogP contribution is 2.36. The second-order valence-electron chi connectivity index (χ2n) is 6.46. The van der Waals surface area contributed by atoms with Crippen LogP contribution in [0.15, 0.2) is 73.1 Å². The highest BCUT2D eigenvalue weighted by molar-refractivity contribution is 5.96. The van der Waals surface area contributed by atoms with Crippen LogP contribution in [0.4, 0.5) is 16.3 Å². The van der Waals surface area contributed by atoms with Crippen molar-refractivity contribution in [3.63, 3.8) is 0 Å². The number of para-hydroxylation sites is 2. The molecule has 30 heavy (non-hydrogen) atoms. The molecule has 0 fully saturated rings. The molecular formula is C22H19N5O3. The van der Waals surface area contributed by atoms with E-state index in [0.29, 0.717) is 28.3 Å². The molecule has 0 aliphatic heterocycles. The summed E-state index contributed by atoms with van der Waals surface area (Å²) in [5, 5.41) is 14.8. The summed E-state index contributed by atoms with van der Waals surface area (Å²) in [6.45, 7) is 1.83. The summed E-state index contributed by atoms with van der Waals surface area (Å²) in [5.41, 5.74) is 3.17. The predicted molar refractivity (Wildman–Crippen MR) is 112 cm³/mol. The van der Waals surface area contributed by atoms with Crippen LogP contribution in [0.1, 0.15) is 5.56 Å². The van der Waals surface area contributed by atoms with E-state index in [4.69, 9.17) is 9.84 Å². The Bertz CT molecular complexity index is 1160. The van der Waals surface area contributed by atoms with Gasteiger partial charge in [0.25, 0.3) is 0 Å². The van der Waals surface area contributed by atoms with Crippen molar-refractivity contribution in [3.05, 3.63) is 78.6 Å². The largest absolute Gasteiger partial charge is 0.467 e. The lowest BCUT2D eigenvalue weighted by molar-refractivity contribution is 0.204. The summed E-state index contributed by atoms with van der Waals surface area (Å²) in [6, 6.07) is 18.5. The molecular weight excluding hydrogens is 382 g/mol. The summed E-state index contributed by atoms with van der Waals surface area (Å²) < 4.78 is 6.65. The highest BCUT2D eigenvalue weighted by Gasteiger charge is 2.27. The Morgan fingerprint density at radius 3 is 2.17 bits per heavy atom. The average molecular weight is 401 g/mol. The molecule has 1 amide bonds. The first-order valence-electron chi connectivity index (χ1n) is 9.19. The summed E-state index contributed by atoms with van der Waals surface area (Å²) >= 11 is 0. The van der Waals surface area contributed by atoms with Gasteiger partial charge in [-0.3, -0.25) is 0 Å². The van der Waals surface area contributed by atoms with Crippen LogP contribution in [0, 0.1) is 6.92 Å². The number of rotatable bonds is 5. The van der Waals surface area contributed by atoms with E-state index in [2.05, 4.69) is 9.97 Å². The Hall–Kier alpha value is -4.20. The molecule has 8 heteroatoms. The van der Waals surface area contributed by atoms with Crippen molar-refractivity contribution in [1.82, 2.24) is 19.7 Å². The van der Waals surface area contributed by atoms with E-state index >= 15 is 0 Å². The van der Waals surface area contributed by atoms with Gasteiger partial charge in [-0.15, -0.1) is 0 Å². The van der Waals surface area contributed by atoms with Gasteiger partial charge in [-0.1, -0.05) is 36.4 Å². The van der Waals surface area contributed by atoms with Crippen LogP contribution in [0.3, 0.4) is 0 Å². The van der Waals surface area contributed by atoms with Crippen molar-refractivity contribution in [2.75, 3.05) is 12.0 Å². The number of ether oxygens (including phenoxy) is 1. The molecule has 2 aromatic heterocycles. The van der Waals surface area contributed by atoms with E-state index in [9.17, 15) is 9.90 Å². The van der Waals surface area contributed by atoms with Crippen molar-refractivity contribution in [2.45, 2.75) is 6.92 Å². The van der Waals surface area contributed by atoms with Gasteiger partial charge in [-0.05, 0) is 31.2 Å². The Kier molecular flexibility index (Phi) is 5.13. The van der Waals surface area contributed by atoms with E-state index in [1.807, 2.05) is 43.3 Å². The second-order valence-corrected chi connectivity index (χ2v) is 6.46. The fourth-order valence-corrected chi connectivity index (χ4v) is 3.22. The van der Waals surface area contributed by atoms with Crippen LogP contribution in [-0.2, 0) is 0 Å². The third-order valence-corrected chi connectivity index (χ3v) is 4.59. The lowest BCUT2D eigenvalue weighted by atomic mass is 10.1. The number of benzene rings is 2. The summed E-state index contributed by atoms with van der Waals surface area (Å²) in [5.74, 6) is 0.422. The van der Waals surface area contributed by atoms with Crippen molar-refractivity contribution >= 4 is 17.6 Å². The van der Waals surface area contributed by atoms with E-state index < -0.39 is 6.09 Å². The lowest BCUT2D eigenvalue weighted by Crippen LogP contribution is -2.26. The normalized spacial score (nSPS) is 10.6. The van der Waals surface area contributed by atoms with Crippen LogP contribution in [0.2, 0.25) is 0 Å². The van der Waals surface area contributed by atoms with Gasteiger partial charge in [0.05, 0.1) is 18.5 Å². The third-order valence-electron chi connectivity index (χ3n) is 4.59. The molecule has 0 saturated heterocycles. The zero-order valence-corrected chi connectivity index (χ0v) is 16.4. The van der Waals surface area contributed by atoms with Crippen LogP contribution < -0.4 is 9.64 Å². The van der Waals surface area contributed by atoms with Crippen molar-refractivity contribution < 1.29 is 14.6 Å². The van der Waals surface area contributed by atoms with Crippen LogP contribution in [0.25, 0.3) is 16.9 Å². The first-order valence-corrected chi connectivity index (χ1v) is 9.19. The monoisotopic (exact) mass is 401 g/mol. The van der Waals surface area contributed by atoms with Gasteiger partial charge >= 0.3 is 12.1 Å². The molecule has 0 unspecified atom stereocenters. The molecule has 4 aromatic rings. The van der Waals surface area contributed by atoms with Gasteiger partial charge in [-0.2, -0.15) is 5.10 Å². The summed E-state index contributed by atoms with van der Waals surface area (Å²) in [4.78, 5) is 21.8. The van der Waals surface area contributed by atoms with E-state index in [0.717, 1.165) is 5.69 Å². The van der Waals surface area contributed by atoms with Gasteiger partial charge in [0.15, 0.2) is 0 Å². The zero-order valence-electron chi connectivity index (χ0n) is 16.4. The molecule has 0 bridgehead atoms. The van der Waals surface area contributed by atoms with E-state index in [-0.39, 0.29) is 6.01 Å². The molecule has 2 heterocycles. The Morgan fingerprint density at radius 2 is 1.60 bits per heavy atom. The number of nitrogens with zero attached hydrogens (tertiary/aromatic N) is 5. The SMILES string of the molecule is COc1ncc(-c2nn(-c3ccccc3)c(N(C(=O)O)c3ccccc3)c2C)cn1. The summed E-state index contributed by atoms with van der Waals surface area (Å²) in [6.07, 6.45) is 2.10. The second kappa shape index (κ2) is 8.04. The first kappa shape index (κ1) is 19.1. The van der Waals surface area contributed by atoms with Crippen LogP contribution in [0.5, 0.6) is 6.01 Å². The maximum Gasteiger partial charge on any atom is 0.417 e. The maximum absolute atomic E-state index is 12.3.